The molecule has 68 heavy (non-hydrogen) atoms. The van der Waals surface area contributed by atoms with Gasteiger partial charge in [0.05, 0.1) is 25.0 Å². The first-order valence-electron chi connectivity index (χ1n) is 29.5. The molecule has 0 aromatic carbocycles. The third-order valence-corrected chi connectivity index (χ3v) is 14.6. The summed E-state index contributed by atoms with van der Waals surface area (Å²) in [5.41, 5.74) is -0.459. The van der Waals surface area contributed by atoms with E-state index in [-0.39, 0.29) is 36.2 Å². The number of carbonyl (C=O) groups excluding carboxylic acids is 3. The fraction of sp³-hybridized carbons (Fsp3) is 0.949. The predicted octanol–water partition coefficient (Wildman–Crippen LogP) is 15.8. The minimum Gasteiger partial charge on any atom is -0.465 e. The van der Waals surface area contributed by atoms with Crippen LogP contribution in [0.15, 0.2) is 0 Å². The maximum atomic E-state index is 13.1. The molecule has 0 aliphatic carbocycles. The molecule has 0 aromatic rings. The van der Waals surface area contributed by atoms with Crippen molar-refractivity contribution in [2.24, 2.45) is 11.3 Å². The van der Waals surface area contributed by atoms with Crippen molar-refractivity contribution in [3.63, 3.8) is 0 Å². The Hall–Kier alpha value is -1.71. The highest BCUT2D eigenvalue weighted by Gasteiger charge is 2.34. The van der Waals surface area contributed by atoms with Gasteiger partial charge in [0.25, 0.3) is 0 Å². The highest BCUT2D eigenvalue weighted by Crippen LogP contribution is 2.28. The fourth-order valence-corrected chi connectivity index (χ4v) is 9.93. The van der Waals surface area contributed by atoms with Crippen LogP contribution in [0.25, 0.3) is 0 Å². The SMILES string of the molecule is CCCCCCCCC(CCCCCCCC)OC(=O)CCCCCCCOCC1C[C@H](OC(=O)CCN(C)C)CN1CCCCCCC(C)(C)C(=O)OCCCC(CCCCC)CCCCC. The first-order valence-corrected chi connectivity index (χ1v) is 29.5. The van der Waals surface area contributed by atoms with Crippen LogP contribution in [-0.4, -0.2) is 99.5 Å². The molecule has 1 aliphatic heterocycles. The van der Waals surface area contributed by atoms with Crippen molar-refractivity contribution in [2.75, 3.05) is 53.6 Å². The van der Waals surface area contributed by atoms with Crippen LogP contribution in [0.3, 0.4) is 0 Å². The Morgan fingerprint density at radius 3 is 1.71 bits per heavy atom. The number of unbranched alkanes of at least 4 members (excludes halogenated alkanes) is 21. The summed E-state index contributed by atoms with van der Waals surface area (Å²) in [6, 6.07) is 0.246. The highest BCUT2D eigenvalue weighted by atomic mass is 16.6. The predicted molar refractivity (Wildman–Crippen MR) is 286 cm³/mol. The standard InChI is InChI=1S/C59H114N2O7/c1-9-13-17-19-22-30-40-54(41-31-23-20-18-14-10-2)67-56(62)42-32-24-21-27-35-47-65-51-53-49-55(68-57(63)43-46-60(7)8)50-61(53)45-34-26-25-33-44-59(5,6)58(64)66-48-36-39-52(37-28-15-11-3)38-29-16-12-4/h52-55H,9-51H2,1-8H3/t53?,55-/m0/s1. The Bertz CT molecular complexity index is 1150. The van der Waals surface area contributed by atoms with E-state index in [1.165, 1.54) is 135 Å². The Morgan fingerprint density at radius 2 is 1.09 bits per heavy atom. The van der Waals surface area contributed by atoms with Gasteiger partial charge in [-0.05, 0) is 105 Å². The monoisotopic (exact) mass is 963 g/mol. The van der Waals surface area contributed by atoms with Crippen LogP contribution in [0.4, 0.5) is 0 Å². The largest absolute Gasteiger partial charge is 0.465 e. The van der Waals surface area contributed by atoms with Crippen molar-refractivity contribution >= 4 is 17.9 Å². The summed E-state index contributed by atoms with van der Waals surface area (Å²) in [6.45, 7) is 17.5. The van der Waals surface area contributed by atoms with Gasteiger partial charge in [0.2, 0.25) is 0 Å². The summed E-state index contributed by atoms with van der Waals surface area (Å²) < 4.78 is 24.1. The van der Waals surface area contributed by atoms with Crippen LogP contribution in [-0.2, 0) is 33.3 Å². The third-order valence-electron chi connectivity index (χ3n) is 14.6. The summed E-state index contributed by atoms with van der Waals surface area (Å²) >= 11 is 0. The minimum atomic E-state index is -0.459. The molecule has 1 unspecified atom stereocenters. The lowest BCUT2D eigenvalue weighted by Crippen LogP contribution is -2.34. The quantitative estimate of drug-likeness (QED) is 0.0336. The van der Waals surface area contributed by atoms with Crippen molar-refractivity contribution in [2.45, 2.75) is 297 Å². The van der Waals surface area contributed by atoms with Gasteiger partial charge in [0.1, 0.15) is 12.2 Å². The van der Waals surface area contributed by atoms with Gasteiger partial charge >= 0.3 is 17.9 Å². The highest BCUT2D eigenvalue weighted by molar-refractivity contribution is 5.75. The number of ether oxygens (including phenoxy) is 4. The van der Waals surface area contributed by atoms with Gasteiger partial charge in [-0.25, -0.2) is 0 Å². The number of hydrogen-bond donors (Lipinski definition) is 0. The molecule has 0 N–H and O–H groups in total. The number of carbonyl (C=O) groups is 3. The molecule has 9 nitrogen and oxygen atoms in total. The van der Waals surface area contributed by atoms with Crippen molar-refractivity contribution in [1.82, 2.24) is 9.80 Å². The lowest BCUT2D eigenvalue weighted by atomic mass is 9.87. The van der Waals surface area contributed by atoms with Crippen LogP contribution in [0.1, 0.15) is 279 Å². The molecule has 1 aliphatic rings. The lowest BCUT2D eigenvalue weighted by molar-refractivity contribution is -0.154. The first-order chi connectivity index (χ1) is 32.9. The Kier molecular flexibility index (Phi) is 41.6. The van der Waals surface area contributed by atoms with Gasteiger partial charge in [-0.3, -0.25) is 19.3 Å². The number of rotatable bonds is 49. The molecule has 1 rings (SSSR count). The van der Waals surface area contributed by atoms with Gasteiger partial charge in [-0.1, -0.05) is 182 Å². The normalized spacial score (nSPS) is 15.6. The molecule has 0 spiro atoms. The van der Waals surface area contributed by atoms with Crippen LogP contribution >= 0.6 is 0 Å². The maximum absolute atomic E-state index is 13.1. The maximum Gasteiger partial charge on any atom is 0.311 e. The number of hydrogen-bond acceptors (Lipinski definition) is 9. The van der Waals surface area contributed by atoms with Gasteiger partial charge in [-0.15, -0.1) is 0 Å². The van der Waals surface area contributed by atoms with Gasteiger partial charge < -0.3 is 23.8 Å². The summed E-state index contributed by atoms with van der Waals surface area (Å²) in [5, 5.41) is 0. The second-order valence-electron chi connectivity index (χ2n) is 22.1. The first kappa shape index (κ1) is 64.3. The van der Waals surface area contributed by atoms with Crippen molar-refractivity contribution in [1.29, 1.82) is 0 Å². The molecule has 9 heteroatoms. The van der Waals surface area contributed by atoms with E-state index in [0.29, 0.717) is 32.6 Å². The van der Waals surface area contributed by atoms with Gasteiger partial charge in [-0.2, -0.15) is 0 Å². The molecule has 1 fully saturated rings. The van der Waals surface area contributed by atoms with E-state index in [4.69, 9.17) is 18.9 Å². The molecule has 0 bridgehead atoms. The Balaban J connectivity index is 2.43. The smallest absolute Gasteiger partial charge is 0.311 e. The third kappa shape index (κ3) is 36.2. The molecule has 1 heterocycles. The van der Waals surface area contributed by atoms with Crippen LogP contribution in [0, 0.1) is 11.3 Å². The zero-order valence-corrected chi connectivity index (χ0v) is 46.5. The van der Waals surface area contributed by atoms with Crippen LogP contribution < -0.4 is 0 Å². The molecule has 0 aromatic heterocycles. The summed E-state index contributed by atoms with van der Waals surface area (Å²) in [5.74, 6) is 0.607. The molecule has 0 saturated carbocycles. The van der Waals surface area contributed by atoms with E-state index < -0.39 is 5.41 Å². The summed E-state index contributed by atoms with van der Waals surface area (Å²) in [6.07, 6.45) is 42.0. The molecular weight excluding hydrogens is 849 g/mol. The summed E-state index contributed by atoms with van der Waals surface area (Å²) in [7, 11) is 3.96. The van der Waals surface area contributed by atoms with Crippen molar-refractivity contribution in [3.8, 4) is 0 Å². The average molecular weight is 964 g/mol. The minimum absolute atomic E-state index is 0.000860. The van der Waals surface area contributed by atoms with E-state index in [1.807, 2.05) is 32.8 Å². The van der Waals surface area contributed by atoms with E-state index in [0.717, 1.165) is 116 Å². The number of esters is 3. The molecule has 0 radical (unpaired) electrons. The Morgan fingerprint density at radius 1 is 0.574 bits per heavy atom. The molecule has 402 valence electrons. The van der Waals surface area contributed by atoms with Gasteiger partial charge in [0, 0.05) is 38.6 Å². The van der Waals surface area contributed by atoms with E-state index >= 15 is 0 Å². The van der Waals surface area contributed by atoms with Crippen molar-refractivity contribution < 1.29 is 33.3 Å². The number of likely N-dealkylation sites (tertiary alicyclic amines) is 1. The molecule has 1 saturated heterocycles. The van der Waals surface area contributed by atoms with E-state index in [1.54, 1.807) is 0 Å². The van der Waals surface area contributed by atoms with E-state index in [9.17, 15) is 14.4 Å². The van der Waals surface area contributed by atoms with Crippen molar-refractivity contribution in [3.05, 3.63) is 0 Å². The van der Waals surface area contributed by atoms with Gasteiger partial charge in [0.15, 0.2) is 0 Å². The second-order valence-corrected chi connectivity index (χ2v) is 22.1. The lowest BCUT2D eigenvalue weighted by Gasteiger charge is -2.24. The summed E-state index contributed by atoms with van der Waals surface area (Å²) in [4.78, 5) is 43.1. The second kappa shape index (κ2) is 44.0. The van der Waals surface area contributed by atoms with Crippen LogP contribution in [0.5, 0.6) is 0 Å². The zero-order valence-electron chi connectivity index (χ0n) is 46.5. The molecule has 2 atom stereocenters. The molecular formula is C59H114N2O7. The zero-order chi connectivity index (χ0) is 49.9. The van der Waals surface area contributed by atoms with E-state index in [2.05, 4.69) is 32.6 Å². The Labute approximate surface area is 421 Å². The average Bonchev–Trinajstić information content (AvgIpc) is 3.69. The number of nitrogens with zero attached hydrogens (tertiary/aromatic N) is 2. The fourth-order valence-electron chi connectivity index (χ4n) is 9.93. The topological polar surface area (TPSA) is 94.6 Å². The van der Waals surface area contributed by atoms with Crippen LogP contribution in [0.2, 0.25) is 0 Å². The molecule has 0 amide bonds.